The van der Waals surface area contributed by atoms with Gasteiger partial charge in [0.2, 0.25) is 5.91 Å². The zero-order valence-electron chi connectivity index (χ0n) is 17.1. The van der Waals surface area contributed by atoms with E-state index in [-0.39, 0.29) is 11.7 Å². The van der Waals surface area contributed by atoms with Gasteiger partial charge in [0, 0.05) is 44.1 Å². The van der Waals surface area contributed by atoms with Crippen molar-refractivity contribution >= 4 is 23.4 Å². The van der Waals surface area contributed by atoms with Crippen molar-refractivity contribution in [3.63, 3.8) is 0 Å². The standard InChI is InChI=1S/C21H29FN4OS/c1-15(2)13-26-17(4)16(3)23-21(26)28-14-20(27)25-11-9-24(10-12-25)19-7-5-18(22)6-8-19/h5-8,15H,9-14H2,1-4H3. The van der Waals surface area contributed by atoms with Gasteiger partial charge in [-0.3, -0.25) is 4.79 Å². The van der Waals surface area contributed by atoms with Gasteiger partial charge in [-0.15, -0.1) is 0 Å². The van der Waals surface area contributed by atoms with Crippen LogP contribution in [0.1, 0.15) is 25.2 Å². The van der Waals surface area contributed by atoms with Crippen LogP contribution in [0, 0.1) is 25.6 Å². The highest BCUT2D eigenvalue weighted by molar-refractivity contribution is 7.99. The second kappa shape index (κ2) is 8.99. The van der Waals surface area contributed by atoms with E-state index >= 15 is 0 Å². The molecule has 152 valence electrons. The first-order chi connectivity index (χ1) is 13.3. The Morgan fingerprint density at radius 1 is 1.14 bits per heavy atom. The third-order valence-corrected chi connectivity index (χ3v) is 6.08. The molecular weight excluding hydrogens is 375 g/mol. The number of carbonyl (C=O) groups is 1. The fourth-order valence-corrected chi connectivity index (χ4v) is 4.40. The van der Waals surface area contributed by atoms with Gasteiger partial charge in [-0.2, -0.15) is 0 Å². The summed E-state index contributed by atoms with van der Waals surface area (Å²) in [4.78, 5) is 21.5. The number of halogens is 1. The Balaban J connectivity index is 1.54. The zero-order chi connectivity index (χ0) is 20.3. The van der Waals surface area contributed by atoms with Crippen molar-refractivity contribution in [2.24, 2.45) is 5.92 Å². The maximum Gasteiger partial charge on any atom is 0.233 e. The van der Waals surface area contributed by atoms with Crippen molar-refractivity contribution in [2.75, 3.05) is 36.8 Å². The number of hydrogen-bond acceptors (Lipinski definition) is 4. The number of anilines is 1. The SMILES string of the molecule is Cc1nc(SCC(=O)N2CCN(c3ccc(F)cc3)CC2)n(CC(C)C)c1C. The van der Waals surface area contributed by atoms with E-state index < -0.39 is 0 Å². The Morgan fingerprint density at radius 3 is 2.39 bits per heavy atom. The van der Waals surface area contributed by atoms with E-state index in [1.54, 1.807) is 12.1 Å². The average molecular weight is 405 g/mol. The Labute approximate surface area is 170 Å². The lowest BCUT2D eigenvalue weighted by atomic mass is 10.2. The quantitative estimate of drug-likeness (QED) is 0.688. The Kier molecular flexibility index (Phi) is 6.65. The molecule has 1 aliphatic heterocycles. The van der Waals surface area contributed by atoms with E-state index in [1.165, 1.54) is 29.6 Å². The van der Waals surface area contributed by atoms with Gasteiger partial charge in [0.05, 0.1) is 11.4 Å². The molecule has 1 amide bonds. The predicted octanol–water partition coefficient (Wildman–Crippen LogP) is 3.74. The molecular formula is C21H29FN4OS. The second-order valence-electron chi connectivity index (χ2n) is 7.70. The first-order valence-corrected chi connectivity index (χ1v) is 10.8. The van der Waals surface area contributed by atoms with Crippen LogP contribution in [-0.4, -0.2) is 52.3 Å². The molecule has 0 unspecified atom stereocenters. The molecule has 7 heteroatoms. The van der Waals surface area contributed by atoms with Crippen molar-refractivity contribution in [3.05, 3.63) is 41.5 Å². The fraction of sp³-hybridized carbons (Fsp3) is 0.524. The molecule has 3 rings (SSSR count). The summed E-state index contributed by atoms with van der Waals surface area (Å²) >= 11 is 1.53. The van der Waals surface area contributed by atoms with Crippen molar-refractivity contribution < 1.29 is 9.18 Å². The third kappa shape index (κ3) is 4.87. The summed E-state index contributed by atoms with van der Waals surface area (Å²) < 4.78 is 15.3. The minimum Gasteiger partial charge on any atom is -0.368 e. The molecule has 0 aliphatic carbocycles. The number of benzene rings is 1. The molecule has 0 bridgehead atoms. The van der Waals surface area contributed by atoms with Crippen molar-refractivity contribution in [3.8, 4) is 0 Å². The number of aromatic nitrogens is 2. The van der Waals surface area contributed by atoms with Crippen molar-refractivity contribution in [1.29, 1.82) is 0 Å². The van der Waals surface area contributed by atoms with E-state index in [2.05, 4.69) is 35.2 Å². The van der Waals surface area contributed by atoms with Crippen LogP contribution in [0.3, 0.4) is 0 Å². The number of nitrogens with zero attached hydrogens (tertiary/aromatic N) is 4. The molecule has 0 spiro atoms. The second-order valence-corrected chi connectivity index (χ2v) is 8.65. The lowest BCUT2D eigenvalue weighted by Crippen LogP contribution is -2.49. The summed E-state index contributed by atoms with van der Waals surface area (Å²) in [6, 6.07) is 6.54. The molecule has 1 aromatic heterocycles. The number of thioether (sulfide) groups is 1. The van der Waals surface area contributed by atoms with Gasteiger partial charge in [-0.25, -0.2) is 9.37 Å². The van der Waals surface area contributed by atoms with Gasteiger partial charge in [-0.05, 0) is 44.0 Å². The number of hydrogen-bond donors (Lipinski definition) is 0. The normalized spacial score (nSPS) is 14.8. The van der Waals surface area contributed by atoms with E-state index in [1.807, 2.05) is 11.8 Å². The fourth-order valence-electron chi connectivity index (χ4n) is 3.40. The summed E-state index contributed by atoms with van der Waals surface area (Å²) in [6.45, 7) is 12.3. The Hall–Kier alpha value is -2.02. The van der Waals surface area contributed by atoms with E-state index in [4.69, 9.17) is 0 Å². The summed E-state index contributed by atoms with van der Waals surface area (Å²) in [5.41, 5.74) is 3.21. The van der Waals surface area contributed by atoms with Gasteiger partial charge in [0.1, 0.15) is 5.82 Å². The lowest BCUT2D eigenvalue weighted by molar-refractivity contribution is -0.128. The largest absolute Gasteiger partial charge is 0.368 e. The first-order valence-electron chi connectivity index (χ1n) is 9.80. The molecule has 0 radical (unpaired) electrons. The van der Waals surface area contributed by atoms with Crippen molar-refractivity contribution in [1.82, 2.24) is 14.5 Å². The molecule has 1 saturated heterocycles. The number of carbonyl (C=O) groups excluding carboxylic acids is 1. The summed E-state index contributed by atoms with van der Waals surface area (Å²) in [7, 11) is 0. The molecule has 28 heavy (non-hydrogen) atoms. The van der Waals surface area contributed by atoms with Gasteiger partial charge < -0.3 is 14.4 Å². The van der Waals surface area contributed by atoms with Crippen LogP contribution in [0.25, 0.3) is 0 Å². The number of aryl methyl sites for hydroxylation is 1. The van der Waals surface area contributed by atoms with Crippen LogP contribution in [-0.2, 0) is 11.3 Å². The molecule has 5 nitrogen and oxygen atoms in total. The maximum absolute atomic E-state index is 13.1. The molecule has 2 aromatic rings. The van der Waals surface area contributed by atoms with Gasteiger partial charge in [0.15, 0.2) is 5.16 Å². The molecule has 2 heterocycles. The topological polar surface area (TPSA) is 41.4 Å². The molecule has 0 atom stereocenters. The molecule has 0 saturated carbocycles. The number of amides is 1. The van der Waals surface area contributed by atoms with Crippen LogP contribution < -0.4 is 4.90 Å². The zero-order valence-corrected chi connectivity index (χ0v) is 17.9. The highest BCUT2D eigenvalue weighted by Crippen LogP contribution is 2.23. The molecule has 1 aliphatic rings. The van der Waals surface area contributed by atoms with E-state index in [0.29, 0.717) is 24.8 Å². The monoisotopic (exact) mass is 404 g/mol. The number of imidazole rings is 1. The van der Waals surface area contributed by atoms with Gasteiger partial charge >= 0.3 is 0 Å². The lowest BCUT2D eigenvalue weighted by Gasteiger charge is -2.36. The van der Waals surface area contributed by atoms with Gasteiger partial charge in [-0.1, -0.05) is 25.6 Å². The van der Waals surface area contributed by atoms with Crippen LogP contribution in [0.15, 0.2) is 29.4 Å². The summed E-state index contributed by atoms with van der Waals surface area (Å²) in [6.07, 6.45) is 0. The highest BCUT2D eigenvalue weighted by Gasteiger charge is 2.22. The number of rotatable bonds is 6. The van der Waals surface area contributed by atoms with E-state index in [0.717, 1.165) is 36.2 Å². The summed E-state index contributed by atoms with van der Waals surface area (Å²) in [5, 5.41) is 0.932. The molecule has 0 N–H and O–H groups in total. The third-order valence-electron chi connectivity index (χ3n) is 5.12. The predicted molar refractivity (Wildman–Crippen MR) is 112 cm³/mol. The van der Waals surface area contributed by atoms with Gasteiger partial charge in [0.25, 0.3) is 0 Å². The molecule has 1 aromatic carbocycles. The van der Waals surface area contributed by atoms with Crippen LogP contribution in [0.4, 0.5) is 10.1 Å². The average Bonchev–Trinajstić information content (AvgIpc) is 2.94. The van der Waals surface area contributed by atoms with Crippen LogP contribution in [0.2, 0.25) is 0 Å². The first kappa shape index (κ1) is 20.7. The minimum atomic E-state index is -0.226. The molecule has 1 fully saturated rings. The van der Waals surface area contributed by atoms with Crippen LogP contribution in [0.5, 0.6) is 0 Å². The summed E-state index contributed by atoms with van der Waals surface area (Å²) in [5.74, 6) is 0.862. The Morgan fingerprint density at radius 2 is 1.79 bits per heavy atom. The van der Waals surface area contributed by atoms with Crippen molar-refractivity contribution in [2.45, 2.75) is 39.4 Å². The minimum absolute atomic E-state index is 0.151. The number of piperazine rings is 1. The Bertz CT molecular complexity index is 811. The maximum atomic E-state index is 13.1. The smallest absolute Gasteiger partial charge is 0.233 e. The highest BCUT2D eigenvalue weighted by atomic mass is 32.2. The van der Waals surface area contributed by atoms with Crippen LogP contribution >= 0.6 is 11.8 Å². The van der Waals surface area contributed by atoms with E-state index in [9.17, 15) is 9.18 Å².